The van der Waals surface area contributed by atoms with E-state index in [0.29, 0.717) is 35.2 Å². The number of nitrogens with one attached hydrogen (secondary N) is 2. The molecule has 2 N–H and O–H groups in total. The van der Waals surface area contributed by atoms with Crippen molar-refractivity contribution < 1.29 is 19.1 Å². The number of nitrogens with zero attached hydrogens (tertiary/aromatic N) is 2. The lowest BCUT2D eigenvalue weighted by Gasteiger charge is -2.18. The van der Waals surface area contributed by atoms with Gasteiger partial charge in [-0.3, -0.25) is 10.1 Å². The molecule has 0 unspecified atom stereocenters. The molecule has 174 valence electrons. The molecule has 2 aromatic heterocycles. The summed E-state index contributed by atoms with van der Waals surface area (Å²) in [5.74, 6) is 0.325. The molecular weight excluding hydrogens is 464 g/mol. The number of aryl methyl sites for hydroxylation is 1. The highest BCUT2D eigenvalue weighted by molar-refractivity contribution is 7.13. The fourth-order valence-corrected chi connectivity index (χ4v) is 3.68. The van der Waals surface area contributed by atoms with E-state index in [2.05, 4.69) is 20.6 Å². The van der Waals surface area contributed by atoms with Crippen LogP contribution in [0.15, 0.2) is 41.8 Å². The molecule has 33 heavy (non-hydrogen) atoms. The van der Waals surface area contributed by atoms with Crippen LogP contribution in [0, 0.1) is 6.92 Å². The molecule has 0 spiro atoms. The van der Waals surface area contributed by atoms with Gasteiger partial charge in [-0.05, 0) is 64.1 Å². The molecule has 8 nitrogen and oxygen atoms in total. The lowest BCUT2D eigenvalue weighted by molar-refractivity contribution is 0.0635. The van der Waals surface area contributed by atoms with Crippen LogP contribution >= 0.6 is 22.9 Å². The average molecular weight is 489 g/mol. The van der Waals surface area contributed by atoms with Crippen molar-refractivity contribution in [3.05, 3.63) is 63.9 Å². The second-order valence-electron chi connectivity index (χ2n) is 8.14. The Hall–Kier alpha value is -3.17. The van der Waals surface area contributed by atoms with Gasteiger partial charge in [-0.2, -0.15) is 0 Å². The summed E-state index contributed by atoms with van der Waals surface area (Å²) in [7, 11) is 0. The Labute approximate surface area is 201 Å². The van der Waals surface area contributed by atoms with Gasteiger partial charge in [0.2, 0.25) is 0 Å². The minimum Gasteiger partial charge on any atom is -0.493 e. The van der Waals surface area contributed by atoms with Crippen LogP contribution in [0.5, 0.6) is 5.75 Å². The number of hydrogen-bond acceptors (Lipinski definition) is 7. The molecule has 0 atom stereocenters. The Kier molecular flexibility index (Phi) is 7.88. The van der Waals surface area contributed by atoms with Crippen LogP contribution in [-0.2, 0) is 11.2 Å². The number of halogens is 1. The normalized spacial score (nSPS) is 11.1. The maximum Gasteiger partial charge on any atom is 0.413 e. The summed E-state index contributed by atoms with van der Waals surface area (Å²) in [5.41, 5.74) is 1.90. The van der Waals surface area contributed by atoms with Crippen molar-refractivity contribution in [3.63, 3.8) is 0 Å². The van der Waals surface area contributed by atoms with E-state index in [1.807, 2.05) is 5.38 Å². The number of ether oxygens (including phenoxy) is 2. The minimum absolute atomic E-state index is 0.166. The first-order valence-electron chi connectivity index (χ1n) is 10.2. The molecule has 0 fully saturated rings. The number of aromatic nitrogens is 2. The minimum atomic E-state index is -0.568. The molecule has 3 aromatic rings. The van der Waals surface area contributed by atoms with Crippen LogP contribution in [-0.4, -0.2) is 34.2 Å². The third-order valence-corrected chi connectivity index (χ3v) is 5.23. The molecule has 0 aliphatic rings. The molecule has 2 heterocycles. The largest absolute Gasteiger partial charge is 0.493 e. The summed E-state index contributed by atoms with van der Waals surface area (Å²) in [5, 5.41) is 7.91. The maximum atomic E-state index is 12.4. The Morgan fingerprint density at radius 1 is 1.06 bits per heavy atom. The van der Waals surface area contributed by atoms with Crippen molar-refractivity contribution in [3.8, 4) is 5.75 Å². The van der Waals surface area contributed by atoms with Crippen LogP contribution in [0.25, 0.3) is 0 Å². The lowest BCUT2D eigenvalue weighted by Crippen LogP contribution is -2.27. The van der Waals surface area contributed by atoms with Gasteiger partial charge in [0.05, 0.1) is 17.9 Å². The fourth-order valence-electron chi connectivity index (χ4n) is 2.67. The standard InChI is InChI=1S/C23H25ClN4O4S/c1-14-5-10-18(19(24)25-14)20(29)26-15-6-8-17(9-7-15)31-12-11-16-13-33-21(27-16)28-22(30)32-23(2,3)4/h5-10,13H,11-12H2,1-4H3,(H,26,29)(H,27,28,30). The molecule has 10 heteroatoms. The smallest absolute Gasteiger partial charge is 0.413 e. The van der Waals surface area contributed by atoms with Crippen LogP contribution in [0.2, 0.25) is 5.15 Å². The molecule has 0 saturated carbocycles. The molecule has 0 saturated heterocycles. The molecular formula is C23H25ClN4O4S. The highest BCUT2D eigenvalue weighted by Crippen LogP contribution is 2.20. The first-order chi connectivity index (χ1) is 15.6. The number of pyridine rings is 1. The van der Waals surface area contributed by atoms with Crippen LogP contribution in [0.3, 0.4) is 0 Å². The van der Waals surface area contributed by atoms with Gasteiger partial charge in [0, 0.05) is 23.2 Å². The zero-order valence-electron chi connectivity index (χ0n) is 18.8. The zero-order chi connectivity index (χ0) is 24.0. The van der Waals surface area contributed by atoms with Crippen molar-refractivity contribution in [2.45, 2.75) is 39.7 Å². The predicted molar refractivity (Wildman–Crippen MR) is 130 cm³/mol. The van der Waals surface area contributed by atoms with Crippen LogP contribution in [0.1, 0.15) is 42.5 Å². The van der Waals surface area contributed by atoms with Gasteiger partial charge in [-0.25, -0.2) is 14.8 Å². The third-order valence-electron chi connectivity index (χ3n) is 4.13. The predicted octanol–water partition coefficient (Wildman–Crippen LogP) is 5.72. The number of thiazole rings is 1. The number of anilines is 2. The molecule has 0 bridgehead atoms. The average Bonchev–Trinajstić information content (AvgIpc) is 3.14. The van der Waals surface area contributed by atoms with Crippen molar-refractivity contribution in [2.24, 2.45) is 0 Å². The lowest BCUT2D eigenvalue weighted by atomic mass is 10.2. The van der Waals surface area contributed by atoms with Gasteiger partial charge < -0.3 is 14.8 Å². The highest BCUT2D eigenvalue weighted by Gasteiger charge is 2.17. The van der Waals surface area contributed by atoms with Gasteiger partial charge >= 0.3 is 6.09 Å². The van der Waals surface area contributed by atoms with E-state index in [-0.39, 0.29) is 11.1 Å². The Morgan fingerprint density at radius 3 is 2.45 bits per heavy atom. The maximum absolute atomic E-state index is 12.4. The van der Waals surface area contributed by atoms with E-state index < -0.39 is 11.7 Å². The number of amides is 2. The summed E-state index contributed by atoms with van der Waals surface area (Å²) in [6.07, 6.45) is 0.0388. The zero-order valence-corrected chi connectivity index (χ0v) is 20.3. The van der Waals surface area contributed by atoms with Crippen molar-refractivity contribution >= 4 is 45.8 Å². The van der Waals surface area contributed by atoms with E-state index in [1.165, 1.54) is 11.3 Å². The summed E-state index contributed by atoms with van der Waals surface area (Å²) in [4.78, 5) is 32.7. The second kappa shape index (κ2) is 10.6. The van der Waals surface area contributed by atoms with Gasteiger partial charge in [-0.15, -0.1) is 11.3 Å². The van der Waals surface area contributed by atoms with Crippen molar-refractivity contribution in [1.29, 1.82) is 0 Å². The van der Waals surface area contributed by atoms with Crippen molar-refractivity contribution in [2.75, 3.05) is 17.2 Å². The number of carbonyl (C=O) groups excluding carboxylic acids is 2. The Morgan fingerprint density at radius 2 is 1.79 bits per heavy atom. The number of rotatable bonds is 7. The van der Waals surface area contributed by atoms with Crippen molar-refractivity contribution in [1.82, 2.24) is 9.97 Å². The summed E-state index contributed by atoms with van der Waals surface area (Å²) < 4.78 is 11.0. The van der Waals surface area contributed by atoms with Gasteiger partial charge in [0.25, 0.3) is 5.91 Å². The second-order valence-corrected chi connectivity index (χ2v) is 9.35. The van der Waals surface area contributed by atoms with Crippen LogP contribution < -0.4 is 15.4 Å². The van der Waals surface area contributed by atoms with Gasteiger partial charge in [0.1, 0.15) is 16.5 Å². The first-order valence-corrected chi connectivity index (χ1v) is 11.5. The van der Waals surface area contributed by atoms with E-state index in [4.69, 9.17) is 21.1 Å². The highest BCUT2D eigenvalue weighted by atomic mass is 35.5. The number of benzene rings is 1. The molecule has 1 aromatic carbocycles. The van der Waals surface area contributed by atoms with E-state index in [0.717, 1.165) is 11.4 Å². The van der Waals surface area contributed by atoms with Gasteiger partial charge in [-0.1, -0.05) is 11.6 Å². The molecule has 2 amide bonds. The summed E-state index contributed by atoms with van der Waals surface area (Å²) in [6.45, 7) is 7.62. The quantitative estimate of drug-likeness (QED) is 0.412. The monoisotopic (exact) mass is 488 g/mol. The fraction of sp³-hybridized carbons (Fsp3) is 0.304. The molecule has 0 aliphatic heterocycles. The first kappa shape index (κ1) is 24.5. The number of hydrogen-bond donors (Lipinski definition) is 2. The summed E-state index contributed by atoms with van der Waals surface area (Å²) >= 11 is 7.38. The third kappa shape index (κ3) is 7.73. The Bertz CT molecular complexity index is 1130. The molecule has 3 rings (SSSR count). The van der Waals surface area contributed by atoms with E-state index in [9.17, 15) is 9.59 Å². The van der Waals surface area contributed by atoms with Gasteiger partial charge in [0.15, 0.2) is 5.13 Å². The topological polar surface area (TPSA) is 102 Å². The van der Waals surface area contributed by atoms with E-state index >= 15 is 0 Å². The number of carbonyl (C=O) groups is 2. The molecule has 0 radical (unpaired) electrons. The van der Waals surface area contributed by atoms with E-state index in [1.54, 1.807) is 64.1 Å². The molecule has 0 aliphatic carbocycles. The SMILES string of the molecule is Cc1ccc(C(=O)Nc2ccc(OCCc3csc(NC(=O)OC(C)(C)C)n3)cc2)c(Cl)n1. The Balaban J connectivity index is 1.46. The van der Waals surface area contributed by atoms with Crippen LogP contribution in [0.4, 0.5) is 15.6 Å². The summed E-state index contributed by atoms with van der Waals surface area (Å²) in [6, 6.07) is 10.4.